The molecule has 2 nitrogen and oxygen atoms in total. The van der Waals surface area contributed by atoms with Gasteiger partial charge in [0.2, 0.25) is 0 Å². The minimum absolute atomic E-state index is 0.165. The second kappa shape index (κ2) is 5.50. The number of piperidine rings is 1. The van der Waals surface area contributed by atoms with Crippen LogP contribution in [0.15, 0.2) is 12.1 Å². The van der Waals surface area contributed by atoms with Crippen molar-refractivity contribution in [2.24, 2.45) is 5.92 Å². The predicted molar refractivity (Wildman–Crippen MR) is 67.0 cm³/mol. The van der Waals surface area contributed by atoms with Crippen LogP contribution in [-0.4, -0.2) is 20.2 Å². The van der Waals surface area contributed by atoms with Gasteiger partial charge < -0.3 is 10.1 Å². The van der Waals surface area contributed by atoms with E-state index in [1.54, 1.807) is 13.2 Å². The lowest BCUT2D eigenvalue weighted by atomic mass is 9.91. The summed E-state index contributed by atoms with van der Waals surface area (Å²) in [5.41, 5.74) is 1.88. The van der Waals surface area contributed by atoms with Crippen molar-refractivity contribution in [3.05, 3.63) is 29.1 Å². The molecule has 0 aliphatic carbocycles. The summed E-state index contributed by atoms with van der Waals surface area (Å²) < 4.78 is 18.8. The first-order chi connectivity index (χ1) is 8.20. The highest BCUT2D eigenvalue weighted by atomic mass is 19.1. The Hall–Kier alpha value is -1.09. The maximum absolute atomic E-state index is 13.4. The molecule has 1 atom stereocenters. The van der Waals surface area contributed by atoms with Crippen molar-refractivity contribution >= 4 is 0 Å². The smallest absolute Gasteiger partial charge is 0.125 e. The highest BCUT2D eigenvalue weighted by Gasteiger charge is 2.17. The number of methoxy groups -OCH3 is 1. The SMILES string of the molecule is COc1c(C)cc(F)cc1CC1CCCNC1. The molecule has 1 saturated heterocycles. The molecule has 1 aromatic rings. The van der Waals surface area contributed by atoms with Gasteiger partial charge in [-0.3, -0.25) is 0 Å². The molecule has 0 bridgehead atoms. The van der Waals surface area contributed by atoms with Gasteiger partial charge in [-0.25, -0.2) is 4.39 Å². The molecule has 1 heterocycles. The summed E-state index contributed by atoms with van der Waals surface area (Å²) in [4.78, 5) is 0. The number of hydrogen-bond donors (Lipinski definition) is 1. The molecule has 1 aliphatic heterocycles. The first-order valence-electron chi connectivity index (χ1n) is 6.24. The van der Waals surface area contributed by atoms with Crippen molar-refractivity contribution in [3.63, 3.8) is 0 Å². The summed E-state index contributed by atoms with van der Waals surface area (Å²) >= 11 is 0. The Morgan fingerprint density at radius 1 is 1.47 bits per heavy atom. The van der Waals surface area contributed by atoms with Gasteiger partial charge in [0, 0.05) is 0 Å². The van der Waals surface area contributed by atoms with E-state index in [0.29, 0.717) is 5.92 Å². The molecular formula is C14H20FNO. The number of ether oxygens (including phenoxy) is 1. The van der Waals surface area contributed by atoms with E-state index in [4.69, 9.17) is 4.74 Å². The number of benzene rings is 1. The van der Waals surface area contributed by atoms with Crippen LogP contribution in [0.1, 0.15) is 24.0 Å². The molecule has 2 rings (SSSR count). The van der Waals surface area contributed by atoms with E-state index in [-0.39, 0.29) is 5.82 Å². The van der Waals surface area contributed by atoms with Crippen LogP contribution in [0.4, 0.5) is 4.39 Å². The highest BCUT2D eigenvalue weighted by molar-refractivity contribution is 5.41. The first-order valence-corrected chi connectivity index (χ1v) is 6.24. The van der Waals surface area contributed by atoms with Crippen LogP contribution in [0.5, 0.6) is 5.75 Å². The topological polar surface area (TPSA) is 21.3 Å². The van der Waals surface area contributed by atoms with Crippen LogP contribution < -0.4 is 10.1 Å². The maximum Gasteiger partial charge on any atom is 0.125 e. The average Bonchev–Trinajstić information content (AvgIpc) is 2.30. The van der Waals surface area contributed by atoms with Crippen molar-refractivity contribution in [2.45, 2.75) is 26.2 Å². The van der Waals surface area contributed by atoms with Crippen molar-refractivity contribution in [1.82, 2.24) is 5.32 Å². The Balaban J connectivity index is 2.18. The monoisotopic (exact) mass is 237 g/mol. The van der Waals surface area contributed by atoms with Gasteiger partial charge in [-0.05, 0) is 68.5 Å². The summed E-state index contributed by atoms with van der Waals surface area (Å²) in [5.74, 6) is 1.28. The second-order valence-electron chi connectivity index (χ2n) is 4.83. The van der Waals surface area contributed by atoms with E-state index in [0.717, 1.165) is 36.4 Å². The van der Waals surface area contributed by atoms with Gasteiger partial charge in [0.25, 0.3) is 0 Å². The van der Waals surface area contributed by atoms with Crippen LogP contribution in [0.3, 0.4) is 0 Å². The summed E-state index contributed by atoms with van der Waals surface area (Å²) in [7, 11) is 1.66. The molecule has 1 N–H and O–H groups in total. The fraction of sp³-hybridized carbons (Fsp3) is 0.571. The number of rotatable bonds is 3. The van der Waals surface area contributed by atoms with Gasteiger partial charge in [0.15, 0.2) is 0 Å². The Bertz CT molecular complexity index is 386. The molecule has 0 amide bonds. The quantitative estimate of drug-likeness (QED) is 0.872. The van der Waals surface area contributed by atoms with Crippen LogP contribution in [0.25, 0.3) is 0 Å². The summed E-state index contributed by atoms with van der Waals surface area (Å²) in [6, 6.07) is 3.14. The van der Waals surface area contributed by atoms with Crippen molar-refractivity contribution < 1.29 is 9.13 Å². The molecule has 94 valence electrons. The molecule has 0 radical (unpaired) electrons. The van der Waals surface area contributed by atoms with Crippen LogP contribution in [-0.2, 0) is 6.42 Å². The van der Waals surface area contributed by atoms with Crippen LogP contribution >= 0.6 is 0 Å². The lowest BCUT2D eigenvalue weighted by Crippen LogP contribution is -2.31. The normalized spacial score (nSPS) is 20.3. The standard InChI is InChI=1S/C14H20FNO/c1-10-6-13(15)8-12(14(10)17-2)7-11-4-3-5-16-9-11/h6,8,11,16H,3-5,7,9H2,1-2H3. The molecule has 3 heteroatoms. The molecule has 0 saturated carbocycles. The number of hydrogen-bond acceptors (Lipinski definition) is 2. The molecule has 17 heavy (non-hydrogen) atoms. The molecule has 0 aromatic heterocycles. The maximum atomic E-state index is 13.4. The summed E-state index contributed by atoms with van der Waals surface area (Å²) in [6.45, 7) is 4.03. The molecule has 0 spiro atoms. The zero-order valence-corrected chi connectivity index (χ0v) is 10.6. The fourth-order valence-electron chi connectivity index (χ4n) is 2.65. The molecule has 1 unspecified atom stereocenters. The minimum Gasteiger partial charge on any atom is -0.496 e. The minimum atomic E-state index is -0.165. The molecule has 1 aliphatic rings. The highest BCUT2D eigenvalue weighted by Crippen LogP contribution is 2.28. The third-order valence-electron chi connectivity index (χ3n) is 3.43. The molecule has 1 aromatic carbocycles. The van der Waals surface area contributed by atoms with E-state index < -0.39 is 0 Å². The first kappa shape index (κ1) is 12.4. The molecule has 1 fully saturated rings. The fourth-order valence-corrected chi connectivity index (χ4v) is 2.65. The van der Waals surface area contributed by atoms with E-state index in [2.05, 4.69) is 5.32 Å². The molecular weight excluding hydrogens is 217 g/mol. The Labute approximate surface area is 102 Å². The summed E-state index contributed by atoms with van der Waals surface area (Å²) in [5, 5.41) is 3.39. The van der Waals surface area contributed by atoms with E-state index in [9.17, 15) is 4.39 Å². The van der Waals surface area contributed by atoms with Gasteiger partial charge >= 0.3 is 0 Å². The van der Waals surface area contributed by atoms with Gasteiger partial charge in [-0.1, -0.05) is 0 Å². The largest absolute Gasteiger partial charge is 0.496 e. The van der Waals surface area contributed by atoms with Gasteiger partial charge in [-0.15, -0.1) is 0 Å². The lowest BCUT2D eigenvalue weighted by molar-refractivity contribution is 0.362. The average molecular weight is 237 g/mol. The van der Waals surface area contributed by atoms with E-state index in [1.807, 2.05) is 6.92 Å². The van der Waals surface area contributed by atoms with E-state index in [1.165, 1.54) is 18.9 Å². The zero-order chi connectivity index (χ0) is 12.3. The van der Waals surface area contributed by atoms with Crippen LogP contribution in [0, 0.1) is 18.7 Å². The van der Waals surface area contributed by atoms with Gasteiger partial charge in [0.1, 0.15) is 11.6 Å². The third kappa shape index (κ3) is 2.97. The number of nitrogens with one attached hydrogen (secondary N) is 1. The van der Waals surface area contributed by atoms with E-state index >= 15 is 0 Å². The van der Waals surface area contributed by atoms with Gasteiger partial charge in [-0.2, -0.15) is 0 Å². The Morgan fingerprint density at radius 2 is 2.29 bits per heavy atom. The number of aryl methyl sites for hydroxylation is 1. The predicted octanol–water partition coefficient (Wildman–Crippen LogP) is 2.68. The Kier molecular flexibility index (Phi) is 4.00. The summed E-state index contributed by atoms with van der Waals surface area (Å²) in [6.07, 6.45) is 3.32. The lowest BCUT2D eigenvalue weighted by Gasteiger charge is -2.24. The second-order valence-corrected chi connectivity index (χ2v) is 4.83. The van der Waals surface area contributed by atoms with Gasteiger partial charge in [0.05, 0.1) is 7.11 Å². The van der Waals surface area contributed by atoms with Crippen molar-refractivity contribution in [2.75, 3.05) is 20.2 Å². The number of halogens is 1. The third-order valence-corrected chi connectivity index (χ3v) is 3.43. The Morgan fingerprint density at radius 3 is 2.94 bits per heavy atom. The zero-order valence-electron chi connectivity index (χ0n) is 10.6. The van der Waals surface area contributed by atoms with Crippen molar-refractivity contribution in [3.8, 4) is 5.75 Å². The van der Waals surface area contributed by atoms with Crippen LogP contribution in [0.2, 0.25) is 0 Å². The van der Waals surface area contributed by atoms with Crippen molar-refractivity contribution in [1.29, 1.82) is 0 Å².